The van der Waals surface area contributed by atoms with E-state index in [9.17, 15) is 0 Å². The number of rotatable bonds is 7. The monoisotopic (exact) mass is 481 g/mol. The predicted molar refractivity (Wildman–Crippen MR) is 96.6 cm³/mol. The molecule has 0 saturated carbocycles. The minimum absolute atomic E-state index is 0.0639. The summed E-state index contributed by atoms with van der Waals surface area (Å²) in [6.07, 6.45) is 4.63. The van der Waals surface area contributed by atoms with Crippen molar-refractivity contribution >= 4 is 56.9 Å². The third-order valence-electron chi connectivity index (χ3n) is 2.76. The van der Waals surface area contributed by atoms with Crippen molar-refractivity contribution < 1.29 is 4.74 Å². The van der Waals surface area contributed by atoms with Crippen LogP contribution in [0.4, 0.5) is 0 Å². The van der Waals surface area contributed by atoms with E-state index in [2.05, 4.69) is 56.6 Å². The van der Waals surface area contributed by atoms with Gasteiger partial charge in [-0.15, -0.1) is 5.10 Å². The van der Waals surface area contributed by atoms with Crippen molar-refractivity contribution in [3.8, 4) is 5.88 Å². The second-order valence-electron chi connectivity index (χ2n) is 4.41. The number of fused-ring (bicyclic) bond motifs is 1. The first kappa shape index (κ1) is 15.3. The summed E-state index contributed by atoms with van der Waals surface area (Å²) in [5.41, 5.74) is 0.795. The topological polar surface area (TPSA) is 64.1 Å². The Labute approximate surface area is 145 Å². The molecule has 0 radical (unpaired) electrons. The van der Waals surface area contributed by atoms with Gasteiger partial charge in [-0.25, -0.2) is 9.50 Å². The molecule has 0 amide bonds. The summed E-state index contributed by atoms with van der Waals surface area (Å²) in [5, 5.41) is 4.36. The summed E-state index contributed by atoms with van der Waals surface area (Å²) < 4.78 is 12.8. The number of ether oxygens (including phenoxy) is 1. The zero-order chi connectivity index (χ0) is 14.7. The number of imidazole rings is 1. The van der Waals surface area contributed by atoms with Gasteiger partial charge in [0.2, 0.25) is 5.88 Å². The highest BCUT2D eigenvalue weighted by Gasteiger charge is 2.11. The van der Waals surface area contributed by atoms with Gasteiger partial charge in [-0.3, -0.25) is 9.36 Å². The molecule has 0 bridgehead atoms. The lowest BCUT2D eigenvalue weighted by molar-refractivity contribution is 0.301. The molecule has 2 aromatic heterocycles. The third kappa shape index (κ3) is 4.46. The largest absolute Gasteiger partial charge is 0.477 e. The Balaban J connectivity index is 1.45. The van der Waals surface area contributed by atoms with Crippen LogP contribution in [0.25, 0.3) is 5.65 Å². The van der Waals surface area contributed by atoms with Gasteiger partial charge in [-0.1, -0.05) is 0 Å². The zero-order valence-corrected chi connectivity index (χ0v) is 15.6. The third-order valence-corrected chi connectivity index (χ3v) is 6.52. The maximum Gasteiger partial charge on any atom is 0.231 e. The van der Waals surface area contributed by atoms with Crippen molar-refractivity contribution in [1.82, 2.24) is 14.6 Å². The molecule has 0 aliphatic carbocycles. The number of halogens is 2. The number of aliphatic imine (C=N–C) groups is 1. The van der Waals surface area contributed by atoms with Gasteiger partial charge < -0.3 is 4.74 Å². The Morgan fingerprint density at radius 3 is 3.14 bits per heavy atom. The molecule has 0 N–H and O–H groups in total. The second kappa shape index (κ2) is 7.14. The van der Waals surface area contributed by atoms with Crippen LogP contribution in [0.2, 0.25) is 0 Å². The number of aromatic nitrogens is 3. The molecule has 1 aliphatic heterocycles. The molecule has 3 rings (SSSR count). The van der Waals surface area contributed by atoms with Gasteiger partial charge in [-0.2, -0.15) is 0 Å². The molecule has 112 valence electrons. The fourth-order valence-corrected chi connectivity index (χ4v) is 4.22. The highest BCUT2D eigenvalue weighted by Crippen LogP contribution is 2.15. The van der Waals surface area contributed by atoms with Gasteiger partial charge in [0.15, 0.2) is 5.65 Å². The van der Waals surface area contributed by atoms with Crippen molar-refractivity contribution in [3.05, 3.63) is 22.9 Å². The molecule has 3 heterocycles. The number of hydrogen-bond donors (Lipinski definition) is 0. The van der Waals surface area contributed by atoms with E-state index in [1.807, 2.05) is 18.3 Å². The van der Waals surface area contributed by atoms with Crippen LogP contribution in [0, 0.1) is 0 Å². The van der Waals surface area contributed by atoms with E-state index in [0.717, 1.165) is 29.0 Å². The van der Waals surface area contributed by atoms with Crippen LogP contribution in [-0.4, -0.2) is 45.8 Å². The molecule has 21 heavy (non-hydrogen) atoms. The fourth-order valence-electron chi connectivity index (χ4n) is 1.64. The van der Waals surface area contributed by atoms with Gasteiger partial charge in [0.1, 0.15) is 10.6 Å². The van der Waals surface area contributed by atoms with Gasteiger partial charge in [0.05, 0.1) is 19.3 Å². The van der Waals surface area contributed by atoms with Crippen molar-refractivity contribution in [2.24, 2.45) is 9.36 Å². The average molecular weight is 482 g/mol. The smallest absolute Gasteiger partial charge is 0.231 e. The molecule has 0 aromatic carbocycles. The summed E-state index contributed by atoms with van der Waals surface area (Å²) in [7, 11) is 0.0639. The van der Waals surface area contributed by atoms with Crippen molar-refractivity contribution in [3.63, 3.8) is 0 Å². The normalized spacial score (nSPS) is 18.3. The maximum absolute atomic E-state index is 5.68. The van der Waals surface area contributed by atoms with E-state index in [4.69, 9.17) is 4.74 Å². The van der Waals surface area contributed by atoms with Gasteiger partial charge in [0.25, 0.3) is 0 Å². The molecule has 2 atom stereocenters. The van der Waals surface area contributed by atoms with E-state index in [1.165, 1.54) is 0 Å². The number of nitrogens with zero attached hydrogens (tertiary/aromatic N) is 5. The first-order valence-electron chi connectivity index (χ1n) is 6.43. The van der Waals surface area contributed by atoms with Crippen molar-refractivity contribution in [2.75, 3.05) is 18.9 Å². The van der Waals surface area contributed by atoms with E-state index in [0.29, 0.717) is 18.5 Å². The molecule has 1 aliphatic rings. The van der Waals surface area contributed by atoms with E-state index in [1.54, 1.807) is 10.7 Å². The quantitative estimate of drug-likeness (QED) is 0.451. The molecule has 0 spiro atoms. The lowest BCUT2D eigenvalue weighted by Gasteiger charge is -2.05. The van der Waals surface area contributed by atoms with E-state index < -0.39 is 0 Å². The number of hydrogen-bond acceptors (Lipinski definition) is 5. The Morgan fingerprint density at radius 2 is 2.33 bits per heavy atom. The Kier molecular flexibility index (Phi) is 5.22. The Hall–Kier alpha value is -0.550. The standard InChI is InChI=1S/C12H13BrIN5OS/c13-10-8-16-11-2-3-12(18-19(10)11)20-4-1-5-21(14)17-7-9-6-15-9/h2-3,6,8-9H,1,4-5,7H2. The highest BCUT2D eigenvalue weighted by atomic mass is 127. The maximum atomic E-state index is 5.68. The lowest BCUT2D eigenvalue weighted by atomic mass is 10.5. The summed E-state index contributed by atoms with van der Waals surface area (Å²) in [4.78, 5) is 8.27. The minimum atomic E-state index is 0.0639. The zero-order valence-electron chi connectivity index (χ0n) is 11.0. The SMILES string of the molecule is Brc1cnc2ccc(OCCCS(I)=NCC3C=N3)nn12. The van der Waals surface area contributed by atoms with Crippen LogP contribution in [0.5, 0.6) is 5.88 Å². The second-order valence-corrected chi connectivity index (χ2v) is 9.56. The average Bonchev–Trinajstić information content (AvgIpc) is 3.25. The van der Waals surface area contributed by atoms with Crippen LogP contribution in [0.1, 0.15) is 6.42 Å². The van der Waals surface area contributed by atoms with Crippen LogP contribution in [0.3, 0.4) is 0 Å². The molecule has 0 fully saturated rings. The van der Waals surface area contributed by atoms with Crippen LogP contribution in [0.15, 0.2) is 32.3 Å². The van der Waals surface area contributed by atoms with Crippen LogP contribution >= 0.6 is 37.1 Å². The van der Waals surface area contributed by atoms with Gasteiger partial charge in [0, 0.05) is 39.2 Å². The van der Waals surface area contributed by atoms with E-state index >= 15 is 0 Å². The predicted octanol–water partition coefficient (Wildman–Crippen LogP) is 2.87. The summed E-state index contributed by atoms with van der Waals surface area (Å²) in [5.74, 6) is 1.64. The summed E-state index contributed by atoms with van der Waals surface area (Å²) in [6.45, 7) is 1.48. The highest BCUT2D eigenvalue weighted by molar-refractivity contribution is 14.2. The Bertz CT molecular complexity index is 698. The van der Waals surface area contributed by atoms with Crippen LogP contribution in [-0.2, 0) is 7.86 Å². The molecule has 9 heteroatoms. The first-order chi connectivity index (χ1) is 10.2. The Morgan fingerprint density at radius 1 is 1.48 bits per heavy atom. The van der Waals surface area contributed by atoms with Crippen molar-refractivity contribution in [2.45, 2.75) is 12.5 Å². The fraction of sp³-hybridized carbons (Fsp3) is 0.417. The lowest BCUT2D eigenvalue weighted by Crippen LogP contribution is -2.05. The molecular weight excluding hydrogens is 469 g/mol. The van der Waals surface area contributed by atoms with Crippen molar-refractivity contribution in [1.29, 1.82) is 0 Å². The van der Waals surface area contributed by atoms with Gasteiger partial charge >= 0.3 is 0 Å². The molecule has 2 aromatic rings. The molecule has 0 saturated heterocycles. The summed E-state index contributed by atoms with van der Waals surface area (Å²) >= 11 is 5.78. The molecule has 2 unspecified atom stereocenters. The molecule has 6 nitrogen and oxygen atoms in total. The minimum Gasteiger partial charge on any atom is -0.477 e. The van der Waals surface area contributed by atoms with E-state index in [-0.39, 0.29) is 7.86 Å². The molecular formula is C12H13BrIN5OS. The van der Waals surface area contributed by atoms with Crippen LogP contribution < -0.4 is 4.74 Å². The first-order valence-corrected chi connectivity index (χ1v) is 11.1. The van der Waals surface area contributed by atoms with Gasteiger partial charge in [-0.05, 0) is 36.3 Å². The summed E-state index contributed by atoms with van der Waals surface area (Å²) in [6, 6.07) is 4.12.